The first-order valence-electron chi connectivity index (χ1n) is 12.0. The molecule has 0 aromatic carbocycles. The number of aromatic nitrogens is 5. The average molecular weight is 450 g/mol. The van der Waals surface area contributed by atoms with E-state index in [-0.39, 0.29) is 0 Å². The summed E-state index contributed by atoms with van der Waals surface area (Å²) in [5.41, 5.74) is 8.79. The van der Waals surface area contributed by atoms with E-state index in [2.05, 4.69) is 38.2 Å². The van der Waals surface area contributed by atoms with Crippen molar-refractivity contribution in [3.63, 3.8) is 0 Å². The highest BCUT2D eigenvalue weighted by Crippen LogP contribution is 2.34. The second-order valence-corrected chi connectivity index (χ2v) is 8.48. The third-order valence-corrected chi connectivity index (χ3v) is 6.30. The molecule has 0 bridgehead atoms. The summed E-state index contributed by atoms with van der Waals surface area (Å²) in [6, 6.07) is 6.23. The Morgan fingerprint density at radius 1 is 0.848 bits per heavy atom. The van der Waals surface area contributed by atoms with Crippen LogP contribution in [0.25, 0.3) is 22.7 Å². The Balaban J connectivity index is 1.98. The van der Waals surface area contributed by atoms with Crippen molar-refractivity contribution in [2.24, 2.45) is 0 Å². The van der Waals surface area contributed by atoms with Crippen molar-refractivity contribution < 1.29 is 9.47 Å². The highest BCUT2D eigenvalue weighted by Gasteiger charge is 2.25. The van der Waals surface area contributed by atoms with Gasteiger partial charge in [-0.25, -0.2) is 14.5 Å². The van der Waals surface area contributed by atoms with Crippen LogP contribution in [0.5, 0.6) is 0 Å². The maximum Gasteiger partial charge on any atom is 0.187 e. The molecule has 176 valence electrons. The number of hydrogen-bond acceptors (Lipinski definition) is 5. The van der Waals surface area contributed by atoms with Crippen molar-refractivity contribution in [3.8, 4) is 11.4 Å². The SMILES string of the molecule is CCOC(OCC)c1cccn2c(-c3c(C)nc4c(C(CC)CC)cc(C)nn34)c(C)nc12. The van der Waals surface area contributed by atoms with Crippen LogP contribution in [0.4, 0.5) is 0 Å². The molecule has 0 aliphatic rings. The number of ether oxygens (including phenoxy) is 2. The number of fused-ring (bicyclic) bond motifs is 2. The van der Waals surface area contributed by atoms with Gasteiger partial charge in [-0.05, 0) is 71.6 Å². The predicted octanol–water partition coefficient (Wildman–Crippen LogP) is 5.94. The quantitative estimate of drug-likeness (QED) is 0.296. The monoisotopic (exact) mass is 449 g/mol. The number of hydrogen-bond donors (Lipinski definition) is 0. The van der Waals surface area contributed by atoms with Gasteiger partial charge in [-0.3, -0.25) is 4.40 Å². The van der Waals surface area contributed by atoms with E-state index in [0.717, 1.165) is 58.2 Å². The molecule has 33 heavy (non-hydrogen) atoms. The summed E-state index contributed by atoms with van der Waals surface area (Å²) in [5, 5.41) is 4.89. The van der Waals surface area contributed by atoms with Crippen LogP contribution >= 0.6 is 0 Å². The first kappa shape index (κ1) is 23.4. The van der Waals surface area contributed by atoms with E-state index >= 15 is 0 Å². The van der Waals surface area contributed by atoms with Crippen LogP contribution in [0.1, 0.15) is 81.0 Å². The number of imidazole rings is 2. The second-order valence-electron chi connectivity index (χ2n) is 8.48. The van der Waals surface area contributed by atoms with E-state index in [4.69, 9.17) is 24.5 Å². The molecule has 4 rings (SSSR count). The molecule has 4 heterocycles. The molecular weight excluding hydrogens is 414 g/mol. The Morgan fingerprint density at radius 3 is 2.12 bits per heavy atom. The van der Waals surface area contributed by atoms with Crippen LogP contribution in [0.3, 0.4) is 0 Å². The number of nitrogens with zero attached hydrogens (tertiary/aromatic N) is 5. The highest BCUT2D eigenvalue weighted by atomic mass is 16.7. The van der Waals surface area contributed by atoms with Gasteiger partial charge in [0.05, 0.1) is 28.3 Å². The van der Waals surface area contributed by atoms with Gasteiger partial charge in [0, 0.05) is 25.0 Å². The van der Waals surface area contributed by atoms with Crippen LogP contribution < -0.4 is 0 Å². The van der Waals surface area contributed by atoms with Gasteiger partial charge in [0.15, 0.2) is 11.9 Å². The maximum atomic E-state index is 5.89. The smallest absolute Gasteiger partial charge is 0.187 e. The molecule has 0 unspecified atom stereocenters. The molecule has 7 heteroatoms. The van der Waals surface area contributed by atoms with Gasteiger partial charge in [-0.15, -0.1) is 0 Å². The van der Waals surface area contributed by atoms with Gasteiger partial charge >= 0.3 is 0 Å². The first-order chi connectivity index (χ1) is 15.9. The maximum absolute atomic E-state index is 5.89. The molecule has 0 atom stereocenters. The Morgan fingerprint density at radius 2 is 1.48 bits per heavy atom. The van der Waals surface area contributed by atoms with Crippen LogP contribution in [0, 0.1) is 20.8 Å². The van der Waals surface area contributed by atoms with Crippen molar-refractivity contribution in [2.75, 3.05) is 13.2 Å². The molecule has 0 amide bonds. The zero-order chi connectivity index (χ0) is 23.7. The van der Waals surface area contributed by atoms with Crippen LogP contribution in [0.2, 0.25) is 0 Å². The first-order valence-corrected chi connectivity index (χ1v) is 12.0. The standard InChI is InChI=1S/C26H35N5O2/c1-8-19(9-2)21-15-16(5)29-31-23(18(7)28-25(21)31)22-17(6)27-24-20(13-12-14-30(22)24)26(32-10-3)33-11-4/h12-15,19,26H,8-11H2,1-7H3. The van der Waals surface area contributed by atoms with Gasteiger partial charge in [-0.1, -0.05) is 13.8 Å². The normalized spacial score (nSPS) is 12.2. The minimum Gasteiger partial charge on any atom is -0.349 e. The van der Waals surface area contributed by atoms with E-state index in [1.807, 2.05) is 43.6 Å². The summed E-state index contributed by atoms with van der Waals surface area (Å²) in [6.45, 7) is 15.7. The third-order valence-electron chi connectivity index (χ3n) is 6.30. The Bertz CT molecular complexity index is 1260. The summed E-state index contributed by atoms with van der Waals surface area (Å²) >= 11 is 0. The van der Waals surface area contributed by atoms with E-state index in [1.165, 1.54) is 5.56 Å². The topological polar surface area (TPSA) is 66.0 Å². The number of pyridine rings is 1. The lowest BCUT2D eigenvalue weighted by molar-refractivity contribution is -0.139. The molecule has 0 saturated heterocycles. The summed E-state index contributed by atoms with van der Waals surface area (Å²) in [4.78, 5) is 9.95. The fourth-order valence-corrected chi connectivity index (χ4v) is 4.78. The Kier molecular flexibility index (Phi) is 6.81. The fraction of sp³-hybridized carbons (Fsp3) is 0.500. The molecule has 0 N–H and O–H groups in total. The molecule has 0 fully saturated rings. The van der Waals surface area contributed by atoms with E-state index in [9.17, 15) is 0 Å². The molecule has 0 spiro atoms. The lowest BCUT2D eigenvalue weighted by atomic mass is 9.95. The zero-order valence-corrected chi connectivity index (χ0v) is 20.8. The molecule has 0 aliphatic carbocycles. The van der Waals surface area contributed by atoms with Gasteiger partial charge < -0.3 is 9.47 Å². The van der Waals surface area contributed by atoms with Gasteiger partial charge in [0.25, 0.3) is 0 Å². The zero-order valence-electron chi connectivity index (χ0n) is 20.8. The minimum atomic E-state index is -0.455. The number of rotatable bonds is 9. The summed E-state index contributed by atoms with van der Waals surface area (Å²) in [6.07, 6.45) is 3.74. The molecular formula is C26H35N5O2. The Hall–Kier alpha value is -2.77. The molecule has 0 aliphatic heterocycles. The van der Waals surface area contributed by atoms with Crippen LogP contribution in [0.15, 0.2) is 24.4 Å². The molecule has 0 saturated carbocycles. The van der Waals surface area contributed by atoms with Gasteiger partial charge in [0.1, 0.15) is 11.3 Å². The van der Waals surface area contributed by atoms with E-state index in [0.29, 0.717) is 19.1 Å². The largest absolute Gasteiger partial charge is 0.349 e. The Labute approximate surface area is 195 Å². The summed E-state index contributed by atoms with van der Waals surface area (Å²) in [7, 11) is 0. The van der Waals surface area contributed by atoms with E-state index < -0.39 is 6.29 Å². The summed E-state index contributed by atoms with van der Waals surface area (Å²) < 4.78 is 15.9. The second kappa shape index (κ2) is 9.61. The number of aryl methyl sites for hydroxylation is 3. The van der Waals surface area contributed by atoms with Gasteiger partial charge in [-0.2, -0.15) is 5.10 Å². The van der Waals surface area contributed by atoms with Crippen molar-refractivity contribution in [2.45, 2.75) is 73.5 Å². The van der Waals surface area contributed by atoms with Crippen LogP contribution in [-0.2, 0) is 9.47 Å². The highest BCUT2D eigenvalue weighted by molar-refractivity contribution is 5.71. The van der Waals surface area contributed by atoms with Crippen molar-refractivity contribution in [1.29, 1.82) is 0 Å². The molecule has 4 aromatic rings. The summed E-state index contributed by atoms with van der Waals surface area (Å²) in [5.74, 6) is 0.455. The van der Waals surface area contributed by atoms with Crippen LogP contribution in [-0.4, -0.2) is 37.2 Å². The fourth-order valence-electron chi connectivity index (χ4n) is 4.78. The molecule has 7 nitrogen and oxygen atoms in total. The van der Waals surface area contributed by atoms with E-state index in [1.54, 1.807) is 0 Å². The lowest BCUT2D eigenvalue weighted by Crippen LogP contribution is -2.10. The lowest BCUT2D eigenvalue weighted by Gasteiger charge is -2.18. The van der Waals surface area contributed by atoms with Crippen molar-refractivity contribution >= 4 is 11.3 Å². The predicted molar refractivity (Wildman–Crippen MR) is 131 cm³/mol. The molecule has 4 aromatic heterocycles. The van der Waals surface area contributed by atoms with Crippen molar-refractivity contribution in [3.05, 3.63) is 52.6 Å². The minimum absolute atomic E-state index is 0.455. The molecule has 0 radical (unpaired) electrons. The van der Waals surface area contributed by atoms with Crippen molar-refractivity contribution in [1.82, 2.24) is 24.0 Å². The third kappa shape index (κ3) is 4.04. The average Bonchev–Trinajstić information content (AvgIpc) is 3.29. The van der Waals surface area contributed by atoms with Gasteiger partial charge in [0.2, 0.25) is 0 Å².